The van der Waals surface area contributed by atoms with Gasteiger partial charge >= 0.3 is 5.97 Å². The zero-order valence-corrected chi connectivity index (χ0v) is 17.5. The zero-order chi connectivity index (χ0) is 20.9. The number of nitrogens with one attached hydrogen (secondary N) is 1. The number of carbonyl (C=O) groups is 2. The molecule has 8 nitrogen and oxygen atoms in total. The molecule has 0 aliphatic heterocycles. The van der Waals surface area contributed by atoms with Gasteiger partial charge in [0.15, 0.2) is 5.65 Å². The Hall–Kier alpha value is -2.29. The Morgan fingerprint density at radius 3 is 2.50 bits per heavy atom. The molecular weight excluding hydrogens is 404 g/mol. The number of carboxylic acids is 1. The third kappa shape index (κ3) is 3.53. The highest BCUT2D eigenvalue weighted by Gasteiger charge is 2.50. The molecule has 160 valence electrons. The normalized spacial score (nSPS) is 29.4. The van der Waals surface area contributed by atoms with E-state index in [0.717, 1.165) is 28.5 Å². The summed E-state index contributed by atoms with van der Waals surface area (Å²) in [6.07, 6.45) is 10.9. The van der Waals surface area contributed by atoms with E-state index >= 15 is 0 Å². The van der Waals surface area contributed by atoms with Crippen molar-refractivity contribution in [1.29, 1.82) is 0 Å². The predicted molar refractivity (Wildman–Crippen MR) is 111 cm³/mol. The number of fused-ring (bicyclic) bond motifs is 1. The molecule has 2 heterocycles. The van der Waals surface area contributed by atoms with Gasteiger partial charge in [-0.2, -0.15) is 5.10 Å². The monoisotopic (exact) mass is 430 g/mol. The fourth-order valence-electron chi connectivity index (χ4n) is 6.47. The highest BCUT2D eigenvalue weighted by atomic mass is 32.2. The van der Waals surface area contributed by atoms with E-state index < -0.39 is 18.4 Å². The van der Waals surface area contributed by atoms with Crippen molar-refractivity contribution in [1.82, 2.24) is 19.9 Å². The third-order valence-corrected chi connectivity index (χ3v) is 8.17. The molecule has 2 aromatic heterocycles. The number of rotatable bonds is 7. The molecule has 4 aliphatic carbocycles. The summed E-state index contributed by atoms with van der Waals surface area (Å²) < 4.78 is 1.56. The number of aliphatic carboxylic acids is 1. The SMILES string of the molecule is O=C(O)CNC(=O)c1c(O)cc(SCCC23CC4CC(CC(C4)C2)C3)n2ncnc12. The summed E-state index contributed by atoms with van der Waals surface area (Å²) in [5, 5.41) is 26.5. The summed E-state index contributed by atoms with van der Waals surface area (Å²) >= 11 is 1.63. The molecule has 4 aliphatic rings. The molecule has 0 atom stereocenters. The Morgan fingerprint density at radius 2 is 1.87 bits per heavy atom. The van der Waals surface area contributed by atoms with E-state index in [1.807, 2.05) is 0 Å². The topological polar surface area (TPSA) is 117 Å². The maximum atomic E-state index is 12.3. The largest absolute Gasteiger partial charge is 0.507 e. The number of aromatic hydroxyl groups is 1. The Morgan fingerprint density at radius 1 is 1.20 bits per heavy atom. The zero-order valence-electron chi connectivity index (χ0n) is 16.7. The molecule has 3 N–H and O–H groups in total. The lowest BCUT2D eigenvalue weighted by molar-refractivity contribution is -0.135. The Balaban J connectivity index is 1.31. The molecule has 2 aromatic rings. The molecule has 4 fully saturated rings. The summed E-state index contributed by atoms with van der Waals surface area (Å²) in [5.74, 6) is 1.67. The van der Waals surface area contributed by atoms with Crippen molar-refractivity contribution in [2.75, 3.05) is 12.3 Å². The van der Waals surface area contributed by atoms with Crippen LogP contribution < -0.4 is 5.32 Å². The number of carbonyl (C=O) groups excluding carboxylic acids is 1. The first-order valence-electron chi connectivity index (χ1n) is 10.6. The van der Waals surface area contributed by atoms with Crippen LogP contribution in [0.15, 0.2) is 17.4 Å². The third-order valence-electron chi connectivity index (χ3n) is 7.17. The number of thioether (sulfide) groups is 1. The van der Waals surface area contributed by atoms with Crippen molar-refractivity contribution in [3.8, 4) is 5.75 Å². The molecule has 0 spiro atoms. The average molecular weight is 431 g/mol. The van der Waals surface area contributed by atoms with Crippen LogP contribution in [0.2, 0.25) is 0 Å². The second kappa shape index (κ2) is 7.44. The lowest BCUT2D eigenvalue weighted by Gasteiger charge is -2.57. The van der Waals surface area contributed by atoms with Gasteiger partial charge in [-0.3, -0.25) is 9.59 Å². The molecule has 30 heavy (non-hydrogen) atoms. The highest BCUT2D eigenvalue weighted by Crippen LogP contribution is 2.61. The molecule has 0 aromatic carbocycles. The van der Waals surface area contributed by atoms with Gasteiger partial charge in [0.2, 0.25) is 0 Å². The molecular formula is C21H26N4O4S. The molecule has 6 rings (SSSR count). The van der Waals surface area contributed by atoms with Gasteiger partial charge in [-0.1, -0.05) is 0 Å². The van der Waals surface area contributed by atoms with Crippen LogP contribution >= 0.6 is 11.8 Å². The number of hydrogen-bond acceptors (Lipinski definition) is 6. The van der Waals surface area contributed by atoms with Crippen molar-refractivity contribution < 1.29 is 19.8 Å². The van der Waals surface area contributed by atoms with Crippen LogP contribution in [0.1, 0.15) is 55.3 Å². The fraction of sp³-hybridized carbons (Fsp3) is 0.619. The molecule has 0 radical (unpaired) electrons. The van der Waals surface area contributed by atoms with Crippen LogP contribution in [0.4, 0.5) is 0 Å². The average Bonchev–Trinajstić information content (AvgIpc) is 3.14. The van der Waals surface area contributed by atoms with Crippen molar-refractivity contribution in [2.24, 2.45) is 23.2 Å². The number of aromatic nitrogens is 3. The van der Waals surface area contributed by atoms with Crippen molar-refractivity contribution in [3.05, 3.63) is 18.0 Å². The summed E-state index contributed by atoms with van der Waals surface area (Å²) in [6, 6.07) is 1.53. The van der Waals surface area contributed by atoms with Crippen LogP contribution in [0.5, 0.6) is 5.75 Å². The summed E-state index contributed by atoms with van der Waals surface area (Å²) in [7, 11) is 0. The van der Waals surface area contributed by atoms with Crippen LogP contribution in [-0.4, -0.2) is 49.0 Å². The lowest BCUT2D eigenvalue weighted by Crippen LogP contribution is -2.46. The number of pyridine rings is 1. The maximum Gasteiger partial charge on any atom is 0.322 e. The van der Waals surface area contributed by atoms with Gasteiger partial charge in [-0.25, -0.2) is 9.50 Å². The molecule has 1 amide bonds. The first kappa shape index (κ1) is 19.7. The minimum Gasteiger partial charge on any atom is -0.507 e. The van der Waals surface area contributed by atoms with Gasteiger partial charge < -0.3 is 15.5 Å². The first-order valence-corrected chi connectivity index (χ1v) is 11.6. The number of hydrogen-bond donors (Lipinski definition) is 3. The Labute approximate surface area is 178 Å². The van der Waals surface area contributed by atoms with E-state index in [4.69, 9.17) is 5.11 Å². The lowest BCUT2D eigenvalue weighted by atomic mass is 9.49. The standard InChI is InChI=1S/C21H26N4O4S/c26-15-6-16(25-19(23-11-24-25)18(15)20(29)22-10-17(27)28)30-2-1-21-7-12-3-13(8-21)5-14(4-12)9-21/h6,11-14,26H,1-5,7-10H2,(H,22,29)(H,27,28). The van der Waals surface area contributed by atoms with E-state index in [9.17, 15) is 14.7 Å². The first-order chi connectivity index (χ1) is 14.4. The second-order valence-corrected chi connectivity index (χ2v) is 10.4. The van der Waals surface area contributed by atoms with Crippen LogP contribution in [-0.2, 0) is 4.79 Å². The van der Waals surface area contributed by atoms with Gasteiger partial charge in [-0.15, -0.1) is 11.8 Å². The number of carboxylic acid groups (broad SMARTS) is 1. The summed E-state index contributed by atoms with van der Waals surface area (Å²) in [4.78, 5) is 27.2. The van der Waals surface area contributed by atoms with Gasteiger partial charge in [-0.05, 0) is 68.1 Å². The fourth-order valence-corrected chi connectivity index (χ4v) is 7.67. The summed E-state index contributed by atoms with van der Waals surface area (Å²) in [6.45, 7) is -0.528. The molecule has 0 unspecified atom stereocenters. The van der Waals surface area contributed by atoms with Crippen LogP contribution in [0.25, 0.3) is 5.65 Å². The molecule has 9 heteroatoms. The maximum absolute atomic E-state index is 12.3. The van der Waals surface area contributed by atoms with Crippen molar-refractivity contribution in [2.45, 2.75) is 50.0 Å². The van der Waals surface area contributed by atoms with E-state index in [0.29, 0.717) is 5.41 Å². The minimum atomic E-state index is -1.16. The van der Waals surface area contributed by atoms with E-state index in [-0.39, 0.29) is 17.0 Å². The second-order valence-electron chi connectivity index (χ2n) is 9.33. The molecule has 4 bridgehead atoms. The van der Waals surface area contributed by atoms with E-state index in [2.05, 4.69) is 15.4 Å². The van der Waals surface area contributed by atoms with Crippen LogP contribution in [0, 0.1) is 23.2 Å². The van der Waals surface area contributed by atoms with E-state index in [1.54, 1.807) is 16.3 Å². The predicted octanol–water partition coefficient (Wildman–Crippen LogP) is 2.95. The van der Waals surface area contributed by atoms with Crippen molar-refractivity contribution in [3.63, 3.8) is 0 Å². The van der Waals surface area contributed by atoms with Gasteiger partial charge in [0.05, 0.1) is 0 Å². The van der Waals surface area contributed by atoms with E-state index in [1.165, 1.54) is 57.3 Å². The Kier molecular flexibility index (Phi) is 4.88. The van der Waals surface area contributed by atoms with Gasteiger partial charge in [0.1, 0.15) is 29.2 Å². The highest BCUT2D eigenvalue weighted by molar-refractivity contribution is 7.99. The quantitative estimate of drug-likeness (QED) is 0.578. The number of nitrogens with zero attached hydrogens (tertiary/aromatic N) is 3. The Bertz CT molecular complexity index is 969. The number of amides is 1. The van der Waals surface area contributed by atoms with Gasteiger partial charge in [0.25, 0.3) is 5.91 Å². The minimum absolute atomic E-state index is 0.0563. The molecule has 4 saturated carbocycles. The summed E-state index contributed by atoms with van der Waals surface area (Å²) in [5.41, 5.74) is 0.663. The van der Waals surface area contributed by atoms with Gasteiger partial charge in [0, 0.05) is 11.8 Å². The molecule has 0 saturated heterocycles. The van der Waals surface area contributed by atoms with Crippen molar-refractivity contribution >= 4 is 29.3 Å². The smallest absolute Gasteiger partial charge is 0.322 e. The van der Waals surface area contributed by atoms with Crippen LogP contribution in [0.3, 0.4) is 0 Å².